The molecule has 21 heavy (non-hydrogen) atoms. The van der Waals surface area contributed by atoms with Crippen molar-refractivity contribution in [2.24, 2.45) is 5.73 Å². The smallest absolute Gasteiger partial charge is 0.257 e. The van der Waals surface area contributed by atoms with E-state index >= 15 is 0 Å². The second kappa shape index (κ2) is 6.89. The molecule has 0 aromatic heterocycles. The first-order valence-electron chi connectivity index (χ1n) is 6.16. The maximum Gasteiger partial charge on any atom is 0.257 e. The first-order chi connectivity index (χ1) is 10.1. The standard InChI is InChI=1S/C16H12ClFN2O/c17-12-7-8-14(18)15(10-12)20-16(21)13-6-2-1-4-11(13)5-3-9-19/h1-2,4,6-8,10H,9,19H2,(H,20,21). The zero-order chi connectivity index (χ0) is 15.2. The Morgan fingerprint density at radius 1 is 1.29 bits per heavy atom. The Morgan fingerprint density at radius 3 is 2.81 bits per heavy atom. The van der Waals surface area contributed by atoms with E-state index in [1.807, 2.05) is 0 Å². The van der Waals surface area contributed by atoms with Crippen molar-refractivity contribution < 1.29 is 9.18 Å². The number of amides is 1. The molecular formula is C16H12ClFN2O. The van der Waals surface area contributed by atoms with Gasteiger partial charge in [-0.3, -0.25) is 4.79 Å². The SMILES string of the molecule is NCC#Cc1ccccc1C(=O)Nc1cc(Cl)ccc1F. The molecule has 2 aromatic rings. The second-order valence-electron chi connectivity index (χ2n) is 4.13. The van der Waals surface area contributed by atoms with E-state index in [0.717, 1.165) is 0 Å². The summed E-state index contributed by atoms with van der Waals surface area (Å²) in [5.41, 5.74) is 6.22. The maximum atomic E-state index is 13.6. The first kappa shape index (κ1) is 15.0. The number of rotatable bonds is 2. The van der Waals surface area contributed by atoms with Crippen LogP contribution in [-0.4, -0.2) is 12.5 Å². The summed E-state index contributed by atoms with van der Waals surface area (Å²) in [4.78, 5) is 12.2. The van der Waals surface area contributed by atoms with E-state index in [-0.39, 0.29) is 12.2 Å². The van der Waals surface area contributed by atoms with Gasteiger partial charge in [0.25, 0.3) is 5.91 Å². The van der Waals surface area contributed by atoms with Crippen LogP contribution in [-0.2, 0) is 0 Å². The normalized spacial score (nSPS) is 9.67. The fourth-order valence-electron chi connectivity index (χ4n) is 1.72. The van der Waals surface area contributed by atoms with Crippen molar-refractivity contribution in [3.05, 3.63) is 64.4 Å². The van der Waals surface area contributed by atoms with Crippen LogP contribution in [0.1, 0.15) is 15.9 Å². The van der Waals surface area contributed by atoms with Crippen LogP contribution in [0.15, 0.2) is 42.5 Å². The highest BCUT2D eigenvalue weighted by molar-refractivity contribution is 6.31. The van der Waals surface area contributed by atoms with Gasteiger partial charge in [-0.25, -0.2) is 4.39 Å². The Hall–Kier alpha value is -2.35. The summed E-state index contributed by atoms with van der Waals surface area (Å²) in [6.45, 7) is 0.193. The molecule has 0 fully saturated rings. The fraction of sp³-hybridized carbons (Fsp3) is 0.0625. The van der Waals surface area contributed by atoms with Gasteiger partial charge in [0.2, 0.25) is 0 Å². The maximum absolute atomic E-state index is 13.6. The molecule has 0 heterocycles. The highest BCUT2D eigenvalue weighted by Crippen LogP contribution is 2.20. The van der Waals surface area contributed by atoms with Crippen LogP contribution < -0.4 is 11.1 Å². The third kappa shape index (κ3) is 3.82. The molecule has 1 amide bonds. The minimum Gasteiger partial charge on any atom is -0.320 e. The molecule has 0 aliphatic rings. The van der Waals surface area contributed by atoms with Crippen molar-refractivity contribution in [1.82, 2.24) is 0 Å². The van der Waals surface area contributed by atoms with E-state index in [4.69, 9.17) is 17.3 Å². The number of nitrogens with two attached hydrogens (primary N) is 1. The Bertz CT molecular complexity index is 735. The quantitative estimate of drug-likeness (QED) is 0.838. The number of anilines is 1. The predicted molar refractivity (Wildman–Crippen MR) is 81.7 cm³/mol. The minimum absolute atomic E-state index is 0.0223. The molecule has 0 spiro atoms. The number of carbonyl (C=O) groups is 1. The fourth-order valence-corrected chi connectivity index (χ4v) is 1.89. The Balaban J connectivity index is 2.31. The molecule has 2 aromatic carbocycles. The largest absolute Gasteiger partial charge is 0.320 e. The Labute approximate surface area is 126 Å². The highest BCUT2D eigenvalue weighted by atomic mass is 35.5. The molecule has 0 radical (unpaired) electrons. The van der Waals surface area contributed by atoms with Gasteiger partial charge in [0, 0.05) is 10.6 Å². The lowest BCUT2D eigenvalue weighted by molar-refractivity contribution is 0.102. The van der Waals surface area contributed by atoms with E-state index in [1.54, 1.807) is 24.3 Å². The third-order valence-electron chi connectivity index (χ3n) is 2.67. The molecule has 0 bridgehead atoms. The van der Waals surface area contributed by atoms with Gasteiger partial charge in [0.15, 0.2) is 0 Å². The highest BCUT2D eigenvalue weighted by Gasteiger charge is 2.12. The molecule has 0 saturated carbocycles. The third-order valence-corrected chi connectivity index (χ3v) is 2.91. The topological polar surface area (TPSA) is 55.1 Å². The van der Waals surface area contributed by atoms with Crippen molar-refractivity contribution in [2.45, 2.75) is 0 Å². The van der Waals surface area contributed by atoms with Crippen LogP contribution in [0, 0.1) is 17.7 Å². The van der Waals surface area contributed by atoms with Gasteiger partial charge >= 0.3 is 0 Å². The van der Waals surface area contributed by atoms with Gasteiger partial charge < -0.3 is 11.1 Å². The van der Waals surface area contributed by atoms with Crippen molar-refractivity contribution >= 4 is 23.2 Å². The average molecular weight is 303 g/mol. The number of halogens is 2. The van der Waals surface area contributed by atoms with Gasteiger partial charge in [-0.15, -0.1) is 0 Å². The van der Waals surface area contributed by atoms with Crippen molar-refractivity contribution in [3.63, 3.8) is 0 Å². The minimum atomic E-state index is -0.557. The molecular weight excluding hydrogens is 291 g/mol. The number of carbonyl (C=O) groups excluding carboxylic acids is 1. The lowest BCUT2D eigenvalue weighted by Crippen LogP contribution is -2.14. The molecule has 0 atom stereocenters. The zero-order valence-electron chi connectivity index (χ0n) is 11.0. The molecule has 5 heteroatoms. The number of nitrogens with one attached hydrogen (secondary N) is 1. The van der Waals surface area contributed by atoms with E-state index in [9.17, 15) is 9.18 Å². The molecule has 2 rings (SSSR count). The summed E-state index contributed by atoms with van der Waals surface area (Å²) < 4.78 is 13.6. The van der Waals surface area contributed by atoms with E-state index < -0.39 is 11.7 Å². The lowest BCUT2D eigenvalue weighted by atomic mass is 10.1. The monoisotopic (exact) mass is 302 g/mol. The van der Waals surface area contributed by atoms with Crippen LogP contribution in [0.25, 0.3) is 0 Å². The van der Waals surface area contributed by atoms with Crippen molar-refractivity contribution in [2.75, 3.05) is 11.9 Å². The molecule has 0 saturated heterocycles. The van der Waals surface area contributed by atoms with Crippen molar-refractivity contribution in [1.29, 1.82) is 0 Å². The summed E-state index contributed by atoms with van der Waals surface area (Å²) in [5, 5.41) is 2.82. The Morgan fingerprint density at radius 2 is 2.05 bits per heavy atom. The Kier molecular flexibility index (Phi) is 4.94. The first-order valence-corrected chi connectivity index (χ1v) is 6.54. The number of benzene rings is 2. The number of hydrogen-bond acceptors (Lipinski definition) is 2. The van der Waals surface area contributed by atoms with E-state index in [0.29, 0.717) is 16.1 Å². The van der Waals surface area contributed by atoms with Crippen LogP contribution in [0.4, 0.5) is 10.1 Å². The second-order valence-corrected chi connectivity index (χ2v) is 4.57. The molecule has 0 aliphatic carbocycles. The molecule has 106 valence electrons. The van der Waals surface area contributed by atoms with Crippen LogP contribution >= 0.6 is 11.6 Å². The summed E-state index contributed by atoms with van der Waals surface area (Å²) in [7, 11) is 0. The van der Waals surface area contributed by atoms with E-state index in [1.165, 1.54) is 18.2 Å². The van der Waals surface area contributed by atoms with Gasteiger partial charge in [-0.2, -0.15) is 0 Å². The molecule has 3 nitrogen and oxygen atoms in total. The van der Waals surface area contributed by atoms with Gasteiger partial charge in [0.1, 0.15) is 5.82 Å². The number of hydrogen-bond donors (Lipinski definition) is 2. The lowest BCUT2D eigenvalue weighted by Gasteiger charge is -2.08. The summed E-state index contributed by atoms with van der Waals surface area (Å²) >= 11 is 5.79. The van der Waals surface area contributed by atoms with Crippen LogP contribution in [0.3, 0.4) is 0 Å². The van der Waals surface area contributed by atoms with Crippen LogP contribution in [0.5, 0.6) is 0 Å². The zero-order valence-corrected chi connectivity index (χ0v) is 11.7. The molecule has 0 unspecified atom stereocenters. The molecule has 0 aliphatic heterocycles. The predicted octanol–water partition coefficient (Wildman–Crippen LogP) is 3.04. The summed E-state index contributed by atoms with van der Waals surface area (Å²) in [6.07, 6.45) is 0. The van der Waals surface area contributed by atoms with Crippen molar-refractivity contribution in [3.8, 4) is 11.8 Å². The van der Waals surface area contributed by atoms with Gasteiger partial charge in [-0.05, 0) is 30.3 Å². The molecule has 3 N–H and O–H groups in total. The van der Waals surface area contributed by atoms with Crippen LogP contribution in [0.2, 0.25) is 5.02 Å². The average Bonchev–Trinajstić information content (AvgIpc) is 2.49. The van der Waals surface area contributed by atoms with E-state index in [2.05, 4.69) is 17.2 Å². The van der Waals surface area contributed by atoms with Gasteiger partial charge in [0.05, 0.1) is 17.8 Å². The summed E-state index contributed by atoms with van der Waals surface area (Å²) in [5.74, 6) is 4.48. The summed E-state index contributed by atoms with van der Waals surface area (Å²) in [6, 6.07) is 10.7. The van der Waals surface area contributed by atoms with Gasteiger partial charge in [-0.1, -0.05) is 35.6 Å².